The molecular weight excluding hydrogens is 432 g/mol. The zero-order valence-corrected chi connectivity index (χ0v) is 19.4. The molecule has 1 aliphatic heterocycles. The quantitative estimate of drug-likeness (QED) is 0.468. The van der Waals surface area contributed by atoms with E-state index in [2.05, 4.69) is 45.0 Å². The highest BCUT2D eigenvalue weighted by Gasteiger charge is 2.22. The van der Waals surface area contributed by atoms with Crippen molar-refractivity contribution in [2.75, 3.05) is 24.7 Å². The Morgan fingerprint density at radius 1 is 1.24 bits per heavy atom. The molecule has 7 nitrogen and oxygen atoms in total. The third kappa shape index (κ3) is 4.05. The zero-order chi connectivity index (χ0) is 22.2. The number of nitrogens with one attached hydrogen (secondary N) is 2. The second kappa shape index (κ2) is 8.68. The fourth-order valence-corrected chi connectivity index (χ4v) is 5.53. The van der Waals surface area contributed by atoms with E-state index in [1.165, 1.54) is 27.4 Å². The van der Waals surface area contributed by atoms with Crippen molar-refractivity contribution in [2.24, 2.45) is 0 Å². The van der Waals surface area contributed by atoms with Crippen LogP contribution in [0.4, 0.5) is 5.69 Å². The number of pyridine rings is 2. The number of hydrogen-bond donors (Lipinski definition) is 2. The minimum Gasteiger partial charge on any atom is -0.481 e. The van der Waals surface area contributed by atoms with Gasteiger partial charge in [-0.25, -0.2) is 9.67 Å². The van der Waals surface area contributed by atoms with Crippen LogP contribution in [0.15, 0.2) is 53.7 Å². The van der Waals surface area contributed by atoms with Gasteiger partial charge in [-0.15, -0.1) is 11.8 Å². The lowest BCUT2D eigenvalue weighted by Gasteiger charge is -2.23. The molecule has 33 heavy (non-hydrogen) atoms. The van der Waals surface area contributed by atoms with Crippen molar-refractivity contribution in [1.29, 1.82) is 0 Å². The Hall–Kier alpha value is -3.10. The van der Waals surface area contributed by atoms with E-state index in [4.69, 9.17) is 9.84 Å². The number of benzene rings is 1. The molecule has 1 unspecified atom stereocenters. The van der Waals surface area contributed by atoms with Crippen molar-refractivity contribution < 1.29 is 4.74 Å². The fourth-order valence-electron chi connectivity index (χ4n) is 4.65. The van der Waals surface area contributed by atoms with Gasteiger partial charge in [0, 0.05) is 53.9 Å². The van der Waals surface area contributed by atoms with Crippen LogP contribution in [0.3, 0.4) is 0 Å². The summed E-state index contributed by atoms with van der Waals surface area (Å²) in [6.07, 6.45) is 7.00. The standard InChI is InChI=1S/C25H26N6OS/c1-32-24-7-5-20-25(29-24)22(8-9-26-20)31-15-17-13-18(3-4-19(17)30-31)28-14-16-2-6-23-21(12-16)27-10-11-33-23/h2,5-9,12,15,18,27-28H,3-4,10-11,13-14H2,1H3. The Morgan fingerprint density at radius 3 is 3.15 bits per heavy atom. The third-order valence-corrected chi connectivity index (χ3v) is 7.46. The summed E-state index contributed by atoms with van der Waals surface area (Å²) in [6, 6.07) is 13.0. The average molecular weight is 459 g/mol. The van der Waals surface area contributed by atoms with Crippen LogP contribution < -0.4 is 15.4 Å². The largest absolute Gasteiger partial charge is 0.481 e. The van der Waals surface area contributed by atoms with Crippen LogP contribution in [-0.2, 0) is 19.4 Å². The van der Waals surface area contributed by atoms with Crippen LogP contribution in [0.25, 0.3) is 16.7 Å². The number of aromatic nitrogens is 4. The first-order chi connectivity index (χ1) is 16.3. The molecule has 4 heterocycles. The van der Waals surface area contributed by atoms with Crippen molar-refractivity contribution in [3.63, 3.8) is 0 Å². The molecule has 1 atom stereocenters. The molecule has 2 N–H and O–H groups in total. The van der Waals surface area contributed by atoms with Crippen LogP contribution in [0.1, 0.15) is 23.2 Å². The number of methoxy groups -OCH3 is 1. The summed E-state index contributed by atoms with van der Waals surface area (Å²) in [4.78, 5) is 10.4. The van der Waals surface area contributed by atoms with Crippen molar-refractivity contribution in [2.45, 2.75) is 36.7 Å². The number of thioether (sulfide) groups is 1. The molecule has 1 aromatic carbocycles. The van der Waals surface area contributed by atoms with Crippen molar-refractivity contribution >= 4 is 28.5 Å². The number of fused-ring (bicyclic) bond motifs is 3. The normalized spacial score (nSPS) is 17.3. The first-order valence-electron chi connectivity index (χ1n) is 11.4. The Labute approximate surface area is 197 Å². The minimum absolute atomic E-state index is 0.445. The van der Waals surface area contributed by atoms with Gasteiger partial charge >= 0.3 is 0 Å². The van der Waals surface area contributed by atoms with Gasteiger partial charge in [0.25, 0.3) is 0 Å². The maximum absolute atomic E-state index is 5.32. The Morgan fingerprint density at radius 2 is 2.21 bits per heavy atom. The van der Waals surface area contributed by atoms with E-state index >= 15 is 0 Å². The van der Waals surface area contributed by atoms with E-state index in [0.29, 0.717) is 11.9 Å². The molecule has 0 bridgehead atoms. The summed E-state index contributed by atoms with van der Waals surface area (Å²) in [7, 11) is 1.63. The van der Waals surface area contributed by atoms with Crippen LogP contribution in [0, 0.1) is 0 Å². The number of nitrogens with zero attached hydrogens (tertiary/aromatic N) is 4. The summed E-state index contributed by atoms with van der Waals surface area (Å²) in [5.41, 5.74) is 7.63. The molecule has 0 fully saturated rings. The van der Waals surface area contributed by atoms with Crippen LogP contribution in [0.2, 0.25) is 0 Å². The number of ether oxygens (including phenoxy) is 1. The van der Waals surface area contributed by atoms with E-state index in [1.807, 2.05) is 40.8 Å². The highest BCUT2D eigenvalue weighted by atomic mass is 32.2. The molecular formula is C25H26N6OS. The maximum atomic E-state index is 5.32. The number of aryl methyl sites for hydroxylation is 1. The maximum Gasteiger partial charge on any atom is 0.213 e. The second-order valence-electron chi connectivity index (χ2n) is 8.52. The van der Waals surface area contributed by atoms with E-state index in [9.17, 15) is 0 Å². The summed E-state index contributed by atoms with van der Waals surface area (Å²) < 4.78 is 7.28. The highest BCUT2D eigenvalue weighted by Crippen LogP contribution is 2.31. The smallest absolute Gasteiger partial charge is 0.213 e. The summed E-state index contributed by atoms with van der Waals surface area (Å²) in [5, 5.41) is 12.2. The van der Waals surface area contributed by atoms with Crippen LogP contribution in [0.5, 0.6) is 5.88 Å². The monoisotopic (exact) mass is 458 g/mol. The first-order valence-corrected chi connectivity index (χ1v) is 12.4. The van der Waals surface area contributed by atoms with E-state index in [-0.39, 0.29) is 0 Å². The van der Waals surface area contributed by atoms with Crippen molar-refractivity contribution in [1.82, 2.24) is 25.1 Å². The summed E-state index contributed by atoms with van der Waals surface area (Å²) in [5.74, 6) is 1.72. The van der Waals surface area contributed by atoms with Gasteiger partial charge in [0.15, 0.2) is 0 Å². The predicted octanol–water partition coefficient (Wildman–Crippen LogP) is 3.99. The SMILES string of the molecule is COc1ccc2nccc(-n3cc4c(n3)CCC(NCc3ccc5c(c3)NCCS5)C4)c2n1. The van der Waals surface area contributed by atoms with Crippen molar-refractivity contribution in [3.8, 4) is 11.6 Å². The topological polar surface area (TPSA) is 76.9 Å². The van der Waals surface area contributed by atoms with Gasteiger partial charge < -0.3 is 15.4 Å². The van der Waals surface area contributed by atoms with E-state index in [0.717, 1.165) is 54.8 Å². The lowest BCUT2D eigenvalue weighted by Crippen LogP contribution is -2.33. The van der Waals surface area contributed by atoms with Crippen molar-refractivity contribution in [3.05, 3.63) is 65.6 Å². The van der Waals surface area contributed by atoms with Gasteiger partial charge in [-0.3, -0.25) is 4.98 Å². The number of anilines is 1. The summed E-state index contributed by atoms with van der Waals surface area (Å²) >= 11 is 1.93. The van der Waals surface area contributed by atoms with Gasteiger partial charge in [-0.05, 0) is 54.7 Å². The lowest BCUT2D eigenvalue weighted by atomic mass is 9.93. The Balaban J connectivity index is 1.19. The number of hydrogen-bond acceptors (Lipinski definition) is 7. The Kier molecular flexibility index (Phi) is 5.39. The minimum atomic E-state index is 0.445. The summed E-state index contributed by atoms with van der Waals surface area (Å²) in [6.45, 7) is 1.92. The number of rotatable bonds is 5. The molecule has 1 aliphatic carbocycles. The molecule has 0 saturated heterocycles. The van der Waals surface area contributed by atoms with Crippen LogP contribution in [-0.4, -0.2) is 45.2 Å². The molecule has 3 aromatic heterocycles. The molecule has 4 aromatic rings. The molecule has 168 valence electrons. The highest BCUT2D eigenvalue weighted by molar-refractivity contribution is 7.99. The van der Waals surface area contributed by atoms with Crippen LogP contribution >= 0.6 is 11.8 Å². The first kappa shape index (κ1) is 20.5. The van der Waals surface area contributed by atoms with Gasteiger partial charge in [0.05, 0.1) is 24.0 Å². The predicted molar refractivity (Wildman–Crippen MR) is 132 cm³/mol. The van der Waals surface area contributed by atoms with E-state index in [1.54, 1.807) is 7.11 Å². The van der Waals surface area contributed by atoms with Gasteiger partial charge in [0.1, 0.15) is 5.52 Å². The molecule has 0 saturated carbocycles. The average Bonchev–Trinajstić information content (AvgIpc) is 3.30. The zero-order valence-electron chi connectivity index (χ0n) is 18.5. The molecule has 0 amide bonds. The molecule has 0 spiro atoms. The van der Waals surface area contributed by atoms with Gasteiger partial charge in [-0.2, -0.15) is 5.10 Å². The lowest BCUT2D eigenvalue weighted by molar-refractivity contribution is 0.399. The fraction of sp³-hybridized carbons (Fsp3) is 0.320. The van der Waals surface area contributed by atoms with Gasteiger partial charge in [-0.1, -0.05) is 6.07 Å². The Bertz CT molecular complexity index is 1320. The second-order valence-corrected chi connectivity index (χ2v) is 9.66. The molecule has 2 aliphatic rings. The molecule has 0 radical (unpaired) electrons. The van der Waals surface area contributed by atoms with Gasteiger partial charge in [0.2, 0.25) is 5.88 Å². The third-order valence-electron chi connectivity index (χ3n) is 6.38. The van der Waals surface area contributed by atoms with E-state index < -0.39 is 0 Å². The molecule has 6 rings (SSSR count). The molecule has 8 heteroatoms.